The van der Waals surface area contributed by atoms with Gasteiger partial charge in [-0.05, 0) is 55.4 Å². The second-order valence-corrected chi connectivity index (χ2v) is 17.7. The number of rotatable bonds is 13. The van der Waals surface area contributed by atoms with E-state index in [1.807, 2.05) is 0 Å². The molecule has 0 aliphatic carbocycles. The van der Waals surface area contributed by atoms with Gasteiger partial charge >= 0.3 is 30.2 Å². The number of carboxylic acid groups (broad SMARTS) is 2. The Balaban J connectivity index is 1.48. The zero-order valence-corrected chi connectivity index (χ0v) is 35.5. The van der Waals surface area contributed by atoms with Crippen molar-refractivity contribution in [3.63, 3.8) is 0 Å². The van der Waals surface area contributed by atoms with Crippen LogP contribution in [-0.4, -0.2) is 149 Å². The molecule has 24 nitrogen and oxygen atoms in total. The van der Waals surface area contributed by atoms with Gasteiger partial charge in [0.25, 0.3) is 11.8 Å². The Morgan fingerprint density at radius 2 is 1.61 bits per heavy atom. The SMILES string of the molecule is CN1C(N)=C(NC(=O)NCCNC(=O)OC(C)(C)C)C[N+]1(CC1=C(C(=O)O)N2C(=O)[C@@H](NC(=O)/C(=N\OC(C)(C)C(=O)OC(C)(C)C)c3nsc(N)n3)[C@H]2SC1)C(=O)O. The van der Waals surface area contributed by atoms with Crippen molar-refractivity contribution in [2.45, 2.75) is 83.6 Å². The molecule has 0 radical (unpaired) electrons. The number of nitrogen functional groups attached to an aromatic ring is 1. The predicted octanol–water partition coefficient (Wildman–Crippen LogP) is 0.00680. The van der Waals surface area contributed by atoms with Gasteiger partial charge in [-0.15, -0.1) is 16.4 Å². The largest absolute Gasteiger partial charge is 0.539 e. The third-order valence-corrected chi connectivity index (χ3v) is 10.3. The van der Waals surface area contributed by atoms with Crippen LogP contribution in [0.1, 0.15) is 61.2 Å². The summed E-state index contributed by atoms with van der Waals surface area (Å²) < 4.78 is 13.5. The average molecular weight is 870 g/mol. The summed E-state index contributed by atoms with van der Waals surface area (Å²) in [5.74, 6) is -4.65. The lowest BCUT2D eigenvalue weighted by molar-refractivity contribution is -0.947. The van der Waals surface area contributed by atoms with Crippen LogP contribution in [0.5, 0.6) is 0 Å². The summed E-state index contributed by atoms with van der Waals surface area (Å²) >= 11 is 1.80. The van der Waals surface area contributed by atoms with Crippen molar-refractivity contribution in [1.29, 1.82) is 0 Å². The van der Waals surface area contributed by atoms with Gasteiger partial charge in [0.1, 0.15) is 40.6 Å². The van der Waals surface area contributed by atoms with Gasteiger partial charge in [0.05, 0.1) is 7.05 Å². The lowest BCUT2D eigenvalue weighted by Crippen LogP contribution is -2.71. The van der Waals surface area contributed by atoms with Crippen LogP contribution < -0.4 is 32.7 Å². The minimum absolute atomic E-state index is 0.0152. The van der Waals surface area contributed by atoms with Crippen molar-refractivity contribution >= 4 is 76.1 Å². The molecule has 1 saturated heterocycles. The number of ether oxygens (including phenoxy) is 2. The summed E-state index contributed by atoms with van der Waals surface area (Å²) in [6, 6.07) is -2.04. The number of fused-ring (bicyclic) bond motifs is 1. The first-order chi connectivity index (χ1) is 27.2. The molecular weight excluding hydrogens is 821 g/mol. The molecule has 6 amide bonds. The molecule has 1 unspecified atom stereocenters. The summed E-state index contributed by atoms with van der Waals surface area (Å²) in [7, 11) is 1.35. The zero-order chi connectivity index (χ0) is 44.4. The number of oxime groups is 1. The predicted molar refractivity (Wildman–Crippen MR) is 209 cm³/mol. The van der Waals surface area contributed by atoms with E-state index in [-0.39, 0.29) is 46.9 Å². The van der Waals surface area contributed by atoms with E-state index in [4.69, 9.17) is 25.8 Å². The van der Waals surface area contributed by atoms with Crippen molar-refractivity contribution in [3.05, 3.63) is 28.6 Å². The van der Waals surface area contributed by atoms with Gasteiger partial charge in [-0.1, -0.05) is 5.16 Å². The third-order valence-electron chi connectivity index (χ3n) is 8.46. The lowest BCUT2D eigenvalue weighted by Gasteiger charge is -2.49. The molecule has 4 heterocycles. The van der Waals surface area contributed by atoms with Crippen molar-refractivity contribution in [3.8, 4) is 0 Å². The van der Waals surface area contributed by atoms with E-state index in [1.54, 1.807) is 41.5 Å². The summed E-state index contributed by atoms with van der Waals surface area (Å²) in [4.78, 5) is 101. The number of esters is 1. The normalized spacial score (nSPS) is 21.0. The maximum Gasteiger partial charge on any atom is 0.539 e. The van der Waals surface area contributed by atoms with E-state index in [2.05, 4.69) is 35.8 Å². The molecule has 1 fully saturated rings. The number of alkyl carbamates (subject to hydrolysis) is 1. The number of carbonyl (C=O) groups is 7. The zero-order valence-electron chi connectivity index (χ0n) is 33.8. The molecule has 3 atom stereocenters. The summed E-state index contributed by atoms with van der Waals surface area (Å²) in [6.45, 7) is 11.9. The second kappa shape index (κ2) is 17.1. The Labute approximate surface area is 346 Å². The van der Waals surface area contributed by atoms with Crippen LogP contribution in [0.3, 0.4) is 0 Å². The minimum atomic E-state index is -1.69. The van der Waals surface area contributed by atoms with Gasteiger partial charge in [-0.25, -0.2) is 19.2 Å². The number of quaternary nitrogens is 1. The number of nitrogens with two attached hydrogens (primary N) is 2. The fourth-order valence-electron chi connectivity index (χ4n) is 5.66. The molecule has 0 spiro atoms. The number of β-lactam (4-membered cyclic amide) rings is 1. The first-order valence-electron chi connectivity index (χ1n) is 17.8. The van der Waals surface area contributed by atoms with Crippen LogP contribution in [-0.2, 0) is 33.5 Å². The molecule has 26 heteroatoms. The van der Waals surface area contributed by atoms with Crippen molar-refractivity contribution in [2.75, 3.05) is 44.7 Å². The van der Waals surface area contributed by atoms with Crippen LogP contribution in [0.4, 0.5) is 19.5 Å². The Bertz CT molecular complexity index is 2000. The van der Waals surface area contributed by atoms with Gasteiger partial charge in [-0.2, -0.15) is 19.2 Å². The quantitative estimate of drug-likeness (QED) is 0.0323. The lowest BCUT2D eigenvalue weighted by atomic mass is 10.0. The minimum Gasteiger partial charge on any atom is -0.477 e. The molecule has 10 N–H and O–H groups in total. The highest BCUT2D eigenvalue weighted by molar-refractivity contribution is 8.00. The molecule has 1 aromatic heterocycles. The standard InChI is InChI=1S/C33H48N12O12S2/c1-31(2,3)55-26(50)33(7,8)57-41-17(21-40-27(35)59-42-21)22(46)39-18-23(47)44-19(25(48)49)15(14-58-24(18)44)12-45(30(53)54)13-16(20(34)43(45)9)38-28(51)36-10-11-37-29(52)56-32(4,5)6/h18,24H,10-14H2,1-9H3,(H9-,34,35,36,37,38,39,40,41,42,46,48,49,51,52,53,54)/p+1/t18-,24-,45?/m1/s1. The fraction of sp³-hybridized carbons (Fsp3) is 0.576. The molecule has 1 aromatic rings. The molecule has 0 bridgehead atoms. The van der Waals surface area contributed by atoms with Crippen LogP contribution in [0.2, 0.25) is 0 Å². The highest BCUT2D eigenvalue weighted by Gasteiger charge is 2.57. The summed E-state index contributed by atoms with van der Waals surface area (Å²) in [5, 5.41) is 34.9. The van der Waals surface area contributed by atoms with E-state index in [0.29, 0.717) is 0 Å². The number of nitrogens with zero attached hydrogens (tertiary/aromatic N) is 6. The average Bonchev–Trinajstić information content (AvgIpc) is 3.63. The van der Waals surface area contributed by atoms with E-state index in [0.717, 1.165) is 33.2 Å². The van der Waals surface area contributed by atoms with E-state index in [9.17, 15) is 43.8 Å². The molecule has 0 saturated carbocycles. The first kappa shape index (κ1) is 45.8. The van der Waals surface area contributed by atoms with Gasteiger partial charge in [0, 0.05) is 35.9 Å². The van der Waals surface area contributed by atoms with E-state index >= 15 is 0 Å². The highest BCUT2D eigenvalue weighted by atomic mass is 32.2. The number of aromatic nitrogens is 2. The number of carbonyl (C=O) groups excluding carboxylic acids is 5. The Morgan fingerprint density at radius 3 is 2.17 bits per heavy atom. The number of amides is 6. The van der Waals surface area contributed by atoms with Gasteiger partial charge in [0.2, 0.25) is 17.1 Å². The topological polar surface area (TPSA) is 332 Å². The molecule has 4 rings (SSSR count). The maximum absolute atomic E-state index is 13.6. The van der Waals surface area contributed by atoms with Crippen LogP contribution in [0.15, 0.2) is 27.9 Å². The van der Waals surface area contributed by atoms with Crippen molar-refractivity contribution in [1.82, 2.24) is 40.5 Å². The molecule has 3 aliphatic heterocycles. The van der Waals surface area contributed by atoms with Crippen LogP contribution in [0.25, 0.3) is 0 Å². The highest BCUT2D eigenvalue weighted by Crippen LogP contribution is 2.42. The molecule has 0 aromatic carbocycles. The number of hydrogen-bond donors (Lipinski definition) is 8. The van der Waals surface area contributed by atoms with Gasteiger partial charge < -0.3 is 57.3 Å². The van der Waals surface area contributed by atoms with Crippen molar-refractivity contribution < 1.29 is 62.7 Å². The molecular formula is C33H49N12O12S2+. The summed E-state index contributed by atoms with van der Waals surface area (Å²) in [6.07, 6.45) is -2.13. The maximum atomic E-state index is 13.6. The summed E-state index contributed by atoms with van der Waals surface area (Å²) in [5.41, 5.74) is 7.75. The Morgan fingerprint density at radius 1 is 0.983 bits per heavy atom. The third kappa shape index (κ3) is 10.6. The van der Waals surface area contributed by atoms with E-state index < -0.39 is 99.3 Å². The number of nitrogens with one attached hydrogen (secondary N) is 4. The number of urea groups is 1. The fourth-order valence-corrected chi connectivity index (χ4v) is 7.43. The molecule has 324 valence electrons. The molecule has 59 heavy (non-hydrogen) atoms. The number of hydrogen-bond acceptors (Lipinski definition) is 18. The van der Waals surface area contributed by atoms with Crippen LogP contribution >= 0.6 is 23.3 Å². The smallest absolute Gasteiger partial charge is 0.477 e. The number of anilines is 1. The second-order valence-electron chi connectivity index (χ2n) is 15.8. The van der Waals surface area contributed by atoms with E-state index in [1.165, 1.54) is 20.9 Å². The number of carboxylic acids is 1. The molecule has 3 aliphatic rings. The monoisotopic (exact) mass is 869 g/mol. The number of thioether (sulfide) groups is 1. The first-order valence-corrected chi connectivity index (χ1v) is 19.6. The number of aliphatic carboxylic acids is 1. The Kier molecular flexibility index (Phi) is 13.3. The van der Waals surface area contributed by atoms with Gasteiger partial charge in [0.15, 0.2) is 17.5 Å². The van der Waals surface area contributed by atoms with Crippen LogP contribution in [0, 0.1) is 0 Å². The Hall–Kier alpha value is -5.89. The van der Waals surface area contributed by atoms with Gasteiger partial charge in [-0.3, -0.25) is 14.5 Å². The van der Waals surface area contributed by atoms with Crippen molar-refractivity contribution in [2.24, 2.45) is 10.9 Å².